The van der Waals surface area contributed by atoms with Gasteiger partial charge in [0.25, 0.3) is 0 Å². The van der Waals surface area contributed by atoms with E-state index in [2.05, 4.69) is 20.0 Å². The van der Waals surface area contributed by atoms with E-state index < -0.39 is 8.32 Å². The SMILES string of the molecule is CC1CCC[Si](C)(C)O1.[LiH]. The van der Waals surface area contributed by atoms with E-state index >= 15 is 0 Å². The Hall–Kier alpha value is 0.774. The molecule has 10 heavy (non-hydrogen) atoms. The fourth-order valence-electron chi connectivity index (χ4n) is 1.48. The molecule has 0 aromatic heterocycles. The molecule has 0 radical (unpaired) electrons. The molecule has 3 heteroatoms. The zero-order chi connectivity index (χ0) is 6.91. The van der Waals surface area contributed by atoms with Gasteiger partial charge in [-0.15, -0.1) is 0 Å². The maximum absolute atomic E-state index is 5.81. The van der Waals surface area contributed by atoms with Crippen LogP contribution in [0.15, 0.2) is 0 Å². The zero-order valence-corrected chi connectivity index (χ0v) is 7.61. The molecule has 1 aliphatic heterocycles. The molecule has 56 valence electrons. The van der Waals surface area contributed by atoms with Crippen LogP contribution in [0.1, 0.15) is 19.8 Å². The molecule has 1 heterocycles. The van der Waals surface area contributed by atoms with Crippen LogP contribution in [-0.4, -0.2) is 33.3 Å². The number of hydrogen-bond acceptors (Lipinski definition) is 1. The molecular formula is C7H17LiOSi. The van der Waals surface area contributed by atoms with Gasteiger partial charge in [-0.25, -0.2) is 0 Å². The van der Waals surface area contributed by atoms with Gasteiger partial charge >= 0.3 is 18.9 Å². The molecule has 1 saturated heterocycles. The summed E-state index contributed by atoms with van der Waals surface area (Å²) in [5.74, 6) is 0. The summed E-state index contributed by atoms with van der Waals surface area (Å²) in [4.78, 5) is 0. The molecule has 0 amide bonds. The first kappa shape index (κ1) is 10.8. The maximum atomic E-state index is 5.81. The van der Waals surface area contributed by atoms with Crippen LogP contribution >= 0.6 is 0 Å². The van der Waals surface area contributed by atoms with Gasteiger partial charge in [0, 0.05) is 6.10 Å². The molecule has 1 rings (SSSR count). The van der Waals surface area contributed by atoms with Crippen molar-refractivity contribution in [2.45, 2.75) is 45.0 Å². The molecular weight excluding hydrogens is 135 g/mol. The Morgan fingerprint density at radius 3 is 2.30 bits per heavy atom. The van der Waals surface area contributed by atoms with E-state index in [0.29, 0.717) is 6.10 Å². The monoisotopic (exact) mass is 152 g/mol. The van der Waals surface area contributed by atoms with Crippen molar-refractivity contribution >= 4 is 27.2 Å². The number of rotatable bonds is 0. The van der Waals surface area contributed by atoms with Crippen molar-refractivity contribution < 1.29 is 4.43 Å². The Balaban J connectivity index is 0.000000810. The van der Waals surface area contributed by atoms with E-state index in [9.17, 15) is 0 Å². The summed E-state index contributed by atoms with van der Waals surface area (Å²) in [5.41, 5.74) is 0. The normalized spacial score (nSPS) is 30.9. The van der Waals surface area contributed by atoms with Crippen molar-refractivity contribution in [1.29, 1.82) is 0 Å². The van der Waals surface area contributed by atoms with Crippen LogP contribution in [0.5, 0.6) is 0 Å². The summed E-state index contributed by atoms with van der Waals surface area (Å²) in [5, 5.41) is 0. The second-order valence-corrected chi connectivity index (χ2v) is 7.84. The topological polar surface area (TPSA) is 9.23 Å². The zero-order valence-electron chi connectivity index (χ0n) is 6.61. The fourth-order valence-corrected chi connectivity index (χ4v) is 3.86. The molecule has 1 fully saturated rings. The van der Waals surface area contributed by atoms with Gasteiger partial charge in [-0.3, -0.25) is 0 Å². The minimum atomic E-state index is -1.15. The third-order valence-electron chi connectivity index (χ3n) is 1.91. The first-order valence-electron chi connectivity index (χ1n) is 3.78. The van der Waals surface area contributed by atoms with Crippen molar-refractivity contribution in [3.05, 3.63) is 0 Å². The standard InChI is InChI=1S/C7H16OSi.Li.H/c1-7-5-4-6-9(2,3)8-7;;/h7H,4-6H2,1-3H3;;. The van der Waals surface area contributed by atoms with Gasteiger partial charge in [-0.1, -0.05) is 6.42 Å². The van der Waals surface area contributed by atoms with Crippen LogP contribution in [0, 0.1) is 0 Å². The van der Waals surface area contributed by atoms with Crippen LogP contribution < -0.4 is 0 Å². The van der Waals surface area contributed by atoms with Crippen LogP contribution in [0.25, 0.3) is 0 Å². The first-order valence-corrected chi connectivity index (χ1v) is 6.89. The Labute approximate surface area is 76.8 Å². The molecule has 1 unspecified atom stereocenters. The quantitative estimate of drug-likeness (QED) is 0.480. The fraction of sp³-hybridized carbons (Fsp3) is 1.00. The van der Waals surface area contributed by atoms with Crippen molar-refractivity contribution in [1.82, 2.24) is 0 Å². The minimum absolute atomic E-state index is 0. The van der Waals surface area contributed by atoms with E-state index in [1.807, 2.05) is 0 Å². The average molecular weight is 152 g/mol. The Kier molecular flexibility index (Phi) is 4.27. The van der Waals surface area contributed by atoms with E-state index in [-0.39, 0.29) is 18.9 Å². The summed E-state index contributed by atoms with van der Waals surface area (Å²) in [7, 11) is -1.15. The van der Waals surface area contributed by atoms with Crippen LogP contribution in [0.3, 0.4) is 0 Å². The Morgan fingerprint density at radius 2 is 2.00 bits per heavy atom. The number of hydrogen-bond donors (Lipinski definition) is 0. The average Bonchev–Trinajstić information content (AvgIpc) is 1.60. The molecule has 0 spiro atoms. The van der Waals surface area contributed by atoms with Gasteiger partial charge in [0.15, 0.2) is 8.32 Å². The summed E-state index contributed by atoms with van der Waals surface area (Å²) in [6.07, 6.45) is 3.21. The van der Waals surface area contributed by atoms with Crippen LogP contribution in [-0.2, 0) is 4.43 Å². The molecule has 0 aromatic carbocycles. The van der Waals surface area contributed by atoms with Crippen molar-refractivity contribution in [2.75, 3.05) is 0 Å². The van der Waals surface area contributed by atoms with Crippen LogP contribution in [0.4, 0.5) is 0 Å². The molecule has 0 bridgehead atoms. The van der Waals surface area contributed by atoms with Gasteiger partial charge in [-0.2, -0.15) is 0 Å². The molecule has 1 nitrogen and oxygen atoms in total. The third kappa shape index (κ3) is 3.25. The van der Waals surface area contributed by atoms with Crippen molar-refractivity contribution in [3.63, 3.8) is 0 Å². The van der Waals surface area contributed by atoms with Crippen molar-refractivity contribution in [3.8, 4) is 0 Å². The predicted molar refractivity (Wildman–Crippen MR) is 49.2 cm³/mol. The molecule has 0 saturated carbocycles. The third-order valence-corrected chi connectivity index (χ3v) is 4.51. The second-order valence-electron chi connectivity index (χ2n) is 3.58. The molecule has 0 aliphatic carbocycles. The molecule has 0 N–H and O–H groups in total. The van der Waals surface area contributed by atoms with E-state index in [0.717, 1.165) is 0 Å². The van der Waals surface area contributed by atoms with E-state index in [1.165, 1.54) is 18.9 Å². The van der Waals surface area contributed by atoms with E-state index in [1.54, 1.807) is 0 Å². The van der Waals surface area contributed by atoms with Gasteiger partial charge in [0.2, 0.25) is 0 Å². The van der Waals surface area contributed by atoms with Gasteiger partial charge in [0.05, 0.1) is 0 Å². The van der Waals surface area contributed by atoms with Crippen LogP contribution in [0.2, 0.25) is 19.1 Å². The summed E-state index contributed by atoms with van der Waals surface area (Å²) < 4.78 is 5.81. The molecule has 1 aliphatic rings. The summed E-state index contributed by atoms with van der Waals surface area (Å²) in [6, 6.07) is 1.36. The van der Waals surface area contributed by atoms with Crippen molar-refractivity contribution in [2.24, 2.45) is 0 Å². The Morgan fingerprint density at radius 1 is 1.40 bits per heavy atom. The predicted octanol–water partition coefficient (Wildman–Crippen LogP) is 1.74. The molecule has 0 aromatic rings. The molecule has 1 atom stereocenters. The second kappa shape index (κ2) is 3.97. The summed E-state index contributed by atoms with van der Waals surface area (Å²) in [6.45, 7) is 6.80. The van der Waals surface area contributed by atoms with Gasteiger partial charge < -0.3 is 4.43 Å². The van der Waals surface area contributed by atoms with E-state index in [4.69, 9.17) is 4.43 Å². The van der Waals surface area contributed by atoms with Gasteiger partial charge in [-0.05, 0) is 32.5 Å². The Bertz CT molecular complexity index is 106. The first-order chi connectivity index (χ1) is 4.10. The van der Waals surface area contributed by atoms with Gasteiger partial charge in [0.1, 0.15) is 0 Å². The summed E-state index contributed by atoms with van der Waals surface area (Å²) >= 11 is 0.